The summed E-state index contributed by atoms with van der Waals surface area (Å²) in [5, 5.41) is 0. The average Bonchev–Trinajstić information content (AvgIpc) is 2.49. The van der Waals surface area contributed by atoms with Crippen LogP contribution >= 0.6 is 0 Å². The molecule has 3 nitrogen and oxygen atoms in total. The van der Waals surface area contributed by atoms with E-state index in [1.165, 1.54) is 80.6 Å². The summed E-state index contributed by atoms with van der Waals surface area (Å²) < 4.78 is 2.97. The third-order valence-corrected chi connectivity index (χ3v) is 5.60. The van der Waals surface area contributed by atoms with Crippen LogP contribution in [0.15, 0.2) is 0 Å². The zero-order valence-electron chi connectivity index (χ0n) is 9.70. The SMILES string of the molecule is C1CN2CCC[N@@+]34CCC[N@@+](C1)(CC3)C24. The number of quaternary nitrogens is 2. The van der Waals surface area contributed by atoms with Gasteiger partial charge in [-0.2, -0.15) is 0 Å². The molecule has 0 aromatic carbocycles. The summed E-state index contributed by atoms with van der Waals surface area (Å²) in [6.45, 7) is 11.7. The first-order valence-electron chi connectivity index (χ1n) is 6.80. The molecule has 0 saturated carbocycles. The number of rotatable bonds is 0. The summed E-state index contributed by atoms with van der Waals surface area (Å²) in [5.74, 6) is 0. The maximum absolute atomic E-state index is 2.85. The molecule has 4 aliphatic heterocycles. The van der Waals surface area contributed by atoms with Crippen molar-refractivity contribution in [3.05, 3.63) is 0 Å². The minimum Gasteiger partial charge on any atom is -0.255 e. The van der Waals surface area contributed by atoms with Crippen molar-refractivity contribution in [3.8, 4) is 0 Å². The summed E-state index contributed by atoms with van der Waals surface area (Å²) in [6.07, 6.45) is 5.30. The highest BCUT2D eigenvalue weighted by Gasteiger charge is 2.65. The van der Waals surface area contributed by atoms with Crippen LogP contribution in [0.5, 0.6) is 0 Å². The summed E-state index contributed by atoms with van der Waals surface area (Å²) in [4.78, 5) is 2.85. The van der Waals surface area contributed by atoms with Gasteiger partial charge in [-0.25, -0.2) is 4.90 Å². The summed E-state index contributed by atoms with van der Waals surface area (Å²) in [5.41, 5.74) is 0. The molecule has 3 atom stereocenters. The summed E-state index contributed by atoms with van der Waals surface area (Å²) >= 11 is 0. The van der Waals surface area contributed by atoms with Crippen molar-refractivity contribution in [3.63, 3.8) is 0 Å². The number of hydrogen-bond donors (Lipinski definition) is 0. The fourth-order valence-corrected chi connectivity index (χ4v) is 5.20. The molecule has 4 rings (SSSR count). The molecule has 15 heavy (non-hydrogen) atoms. The molecule has 4 saturated heterocycles. The van der Waals surface area contributed by atoms with E-state index in [0.717, 1.165) is 6.29 Å². The van der Waals surface area contributed by atoms with Crippen LogP contribution in [0.3, 0.4) is 0 Å². The highest BCUT2D eigenvalue weighted by Crippen LogP contribution is 2.43. The molecule has 0 spiro atoms. The van der Waals surface area contributed by atoms with Gasteiger partial charge >= 0.3 is 0 Å². The molecule has 3 heteroatoms. The van der Waals surface area contributed by atoms with Crippen LogP contribution in [0.25, 0.3) is 0 Å². The van der Waals surface area contributed by atoms with Crippen molar-refractivity contribution < 1.29 is 8.97 Å². The second-order valence-corrected chi connectivity index (χ2v) is 6.22. The minimum absolute atomic E-state index is 0.904. The van der Waals surface area contributed by atoms with Crippen LogP contribution in [0.4, 0.5) is 0 Å². The van der Waals surface area contributed by atoms with Gasteiger partial charge in [0.1, 0.15) is 13.1 Å². The minimum atomic E-state index is 0.904. The van der Waals surface area contributed by atoms with Gasteiger partial charge in [0, 0.05) is 32.4 Å². The van der Waals surface area contributed by atoms with Crippen molar-refractivity contribution in [2.45, 2.75) is 25.6 Å². The Hall–Kier alpha value is -0.120. The van der Waals surface area contributed by atoms with E-state index < -0.39 is 0 Å². The average molecular weight is 209 g/mol. The first-order chi connectivity index (χ1) is 7.35. The van der Waals surface area contributed by atoms with E-state index in [2.05, 4.69) is 4.90 Å². The molecule has 84 valence electrons. The zero-order valence-corrected chi connectivity index (χ0v) is 9.70. The quantitative estimate of drug-likeness (QED) is 0.523. The molecular weight excluding hydrogens is 186 g/mol. The van der Waals surface area contributed by atoms with E-state index in [1.807, 2.05) is 0 Å². The lowest BCUT2D eigenvalue weighted by Gasteiger charge is -2.56. The van der Waals surface area contributed by atoms with Crippen molar-refractivity contribution in [1.82, 2.24) is 4.90 Å². The molecule has 0 aliphatic carbocycles. The Bertz CT molecular complexity index is 259. The van der Waals surface area contributed by atoms with Crippen LogP contribution in [0.2, 0.25) is 0 Å². The van der Waals surface area contributed by atoms with Gasteiger partial charge in [-0.05, 0) is 0 Å². The molecule has 0 radical (unpaired) electrons. The van der Waals surface area contributed by atoms with Crippen LogP contribution in [-0.4, -0.2) is 72.5 Å². The van der Waals surface area contributed by atoms with Crippen LogP contribution in [-0.2, 0) is 0 Å². The van der Waals surface area contributed by atoms with Crippen LogP contribution in [0.1, 0.15) is 19.3 Å². The predicted molar refractivity (Wildman–Crippen MR) is 58.9 cm³/mol. The Kier molecular flexibility index (Phi) is 1.65. The molecule has 4 aliphatic rings. The standard InChI is InChI=1S/C12H23N3/c1-4-13-5-2-7-15-9-3-8-14(6-1,10-11-15)12(13)15/h12H,1-11H2/q+2/t12?,14-,15+. The van der Waals surface area contributed by atoms with Crippen molar-refractivity contribution >= 4 is 0 Å². The first-order valence-corrected chi connectivity index (χ1v) is 6.80. The van der Waals surface area contributed by atoms with E-state index in [-0.39, 0.29) is 0 Å². The van der Waals surface area contributed by atoms with E-state index in [1.54, 1.807) is 0 Å². The Balaban J connectivity index is 1.81. The fraction of sp³-hybridized carbons (Fsp3) is 1.00. The normalized spacial score (nSPS) is 54.0. The van der Waals surface area contributed by atoms with E-state index in [9.17, 15) is 0 Å². The summed E-state index contributed by atoms with van der Waals surface area (Å²) in [6, 6.07) is 0. The Labute approximate surface area is 92.4 Å². The third-order valence-electron chi connectivity index (χ3n) is 5.60. The number of nitrogens with zero attached hydrogens (tertiary/aromatic N) is 3. The maximum Gasteiger partial charge on any atom is 0.280 e. The molecule has 2 bridgehead atoms. The molecule has 4 heterocycles. The maximum atomic E-state index is 2.85. The lowest BCUT2D eigenvalue weighted by Crippen LogP contribution is -2.77. The Morgan fingerprint density at radius 3 is 1.80 bits per heavy atom. The molecule has 0 N–H and O–H groups in total. The van der Waals surface area contributed by atoms with Gasteiger partial charge in [-0.3, -0.25) is 8.97 Å². The van der Waals surface area contributed by atoms with Gasteiger partial charge in [0.2, 0.25) is 0 Å². The fourth-order valence-electron chi connectivity index (χ4n) is 5.20. The topological polar surface area (TPSA) is 3.24 Å². The highest BCUT2D eigenvalue weighted by atomic mass is 15.7. The van der Waals surface area contributed by atoms with E-state index in [4.69, 9.17) is 0 Å². The first kappa shape index (κ1) is 8.97. The van der Waals surface area contributed by atoms with Gasteiger partial charge in [0.25, 0.3) is 6.29 Å². The molecule has 1 unspecified atom stereocenters. The van der Waals surface area contributed by atoms with Crippen molar-refractivity contribution in [1.29, 1.82) is 0 Å². The van der Waals surface area contributed by atoms with Gasteiger partial charge in [-0.1, -0.05) is 0 Å². The Morgan fingerprint density at radius 2 is 1.20 bits per heavy atom. The molecule has 0 aromatic rings. The van der Waals surface area contributed by atoms with Crippen molar-refractivity contribution in [2.75, 3.05) is 52.4 Å². The van der Waals surface area contributed by atoms with Gasteiger partial charge < -0.3 is 0 Å². The second kappa shape index (κ2) is 2.76. The lowest BCUT2D eigenvalue weighted by molar-refractivity contribution is -1.12. The van der Waals surface area contributed by atoms with Crippen molar-refractivity contribution in [2.24, 2.45) is 0 Å². The van der Waals surface area contributed by atoms with E-state index in [0.29, 0.717) is 0 Å². The molecule has 4 fully saturated rings. The second-order valence-electron chi connectivity index (χ2n) is 6.22. The third kappa shape index (κ3) is 0.973. The van der Waals surface area contributed by atoms with E-state index >= 15 is 0 Å². The predicted octanol–water partition coefficient (Wildman–Crippen LogP) is 0.430. The monoisotopic (exact) mass is 209 g/mol. The largest absolute Gasteiger partial charge is 0.280 e. The van der Waals surface area contributed by atoms with Crippen LogP contribution in [0, 0.1) is 0 Å². The van der Waals surface area contributed by atoms with Gasteiger partial charge in [0.15, 0.2) is 0 Å². The lowest BCUT2D eigenvalue weighted by atomic mass is 10.1. The summed E-state index contributed by atoms with van der Waals surface area (Å²) in [7, 11) is 0. The van der Waals surface area contributed by atoms with Gasteiger partial charge in [0.05, 0.1) is 26.2 Å². The molecule has 0 amide bonds. The number of hydrogen-bond acceptors (Lipinski definition) is 1. The highest BCUT2D eigenvalue weighted by molar-refractivity contribution is 4.77. The molecule has 0 aromatic heterocycles. The Morgan fingerprint density at radius 1 is 0.667 bits per heavy atom. The zero-order chi connectivity index (χ0) is 9.93. The van der Waals surface area contributed by atoms with Crippen LogP contribution < -0.4 is 0 Å². The van der Waals surface area contributed by atoms with Gasteiger partial charge in [-0.15, -0.1) is 0 Å². The molecular formula is C12H23N3+2. The smallest absolute Gasteiger partial charge is 0.255 e.